The van der Waals surface area contributed by atoms with Gasteiger partial charge in [-0.1, -0.05) is 12.1 Å². The third-order valence-electron chi connectivity index (χ3n) is 13.3. The third kappa shape index (κ3) is 7.62. The van der Waals surface area contributed by atoms with Crippen molar-refractivity contribution in [1.82, 2.24) is 29.9 Å². The molecule has 10 rings (SSSR count). The number of anilines is 5. The van der Waals surface area contributed by atoms with Gasteiger partial charge in [-0.15, -0.1) is 0 Å². The van der Waals surface area contributed by atoms with Crippen LogP contribution in [-0.2, 0) is 35.3 Å². The van der Waals surface area contributed by atoms with E-state index in [1.807, 2.05) is 21.9 Å². The van der Waals surface area contributed by atoms with E-state index < -0.39 is 37.6 Å². The van der Waals surface area contributed by atoms with Crippen molar-refractivity contribution in [2.45, 2.75) is 71.4 Å². The summed E-state index contributed by atoms with van der Waals surface area (Å²) in [5, 5.41) is 18.1. The Kier molecular flexibility index (Phi) is 10.9. The maximum absolute atomic E-state index is 14.8. The fourth-order valence-electron chi connectivity index (χ4n) is 9.42. The second kappa shape index (κ2) is 16.5. The number of aliphatic hydroxyl groups excluding tert-OH is 2. The van der Waals surface area contributed by atoms with Gasteiger partial charge in [0.25, 0.3) is 0 Å². The minimum Gasteiger partial charge on any atom is -0.497 e. The summed E-state index contributed by atoms with van der Waals surface area (Å²) in [6.07, 6.45) is 13.3. The molecule has 4 aromatic heterocycles. The second-order valence-corrected chi connectivity index (χ2v) is 21.6. The Labute approximate surface area is 382 Å². The first kappa shape index (κ1) is 43.5. The van der Waals surface area contributed by atoms with E-state index in [0.717, 1.165) is 42.5 Å². The number of sulfone groups is 2. The summed E-state index contributed by atoms with van der Waals surface area (Å²) in [5.41, 5.74) is 5.66. The number of carbonyl (C=O) groups is 1. The first-order valence-corrected chi connectivity index (χ1v) is 24.9. The first-order valence-electron chi connectivity index (χ1n) is 21.7. The van der Waals surface area contributed by atoms with Crippen LogP contribution in [0.1, 0.15) is 56.6 Å². The van der Waals surface area contributed by atoms with Gasteiger partial charge in [-0.25, -0.2) is 36.8 Å². The number of nitrogens with zero attached hydrogens (tertiary/aromatic N) is 9. The van der Waals surface area contributed by atoms with Crippen LogP contribution in [0.15, 0.2) is 108 Å². The van der Waals surface area contributed by atoms with E-state index in [1.54, 1.807) is 86.6 Å². The van der Waals surface area contributed by atoms with Crippen LogP contribution in [0.5, 0.6) is 5.75 Å². The molecular weight excluding hydrogens is 883 g/mol. The summed E-state index contributed by atoms with van der Waals surface area (Å²) in [6, 6.07) is 16.9. The number of aromatic nitrogens is 6. The molecule has 6 aromatic rings. The van der Waals surface area contributed by atoms with Gasteiger partial charge in [0.15, 0.2) is 19.7 Å². The maximum atomic E-state index is 14.8. The number of pyridine rings is 2. The molecule has 17 nitrogen and oxygen atoms in total. The number of hydrogen-bond donors (Lipinski definition) is 2. The zero-order chi connectivity index (χ0) is 46.0. The highest BCUT2D eigenvalue weighted by Crippen LogP contribution is 2.59. The molecule has 2 N–H and O–H groups in total. The van der Waals surface area contributed by atoms with Crippen LogP contribution >= 0.6 is 0 Å². The lowest BCUT2D eigenvalue weighted by Crippen LogP contribution is -2.45. The number of hydrogen-bond acceptors (Lipinski definition) is 16. The van der Waals surface area contributed by atoms with E-state index in [9.17, 15) is 31.8 Å². The molecule has 1 atom stereocenters. The van der Waals surface area contributed by atoms with E-state index >= 15 is 0 Å². The predicted molar refractivity (Wildman–Crippen MR) is 245 cm³/mol. The number of ether oxygens (including phenoxy) is 1. The third-order valence-corrected chi connectivity index (χ3v) is 17.1. The van der Waals surface area contributed by atoms with Crippen LogP contribution in [0.2, 0.25) is 0 Å². The molecule has 19 heteroatoms. The zero-order valence-electron chi connectivity index (χ0n) is 36.3. The normalized spacial score (nSPS) is 16.8. The Balaban J connectivity index is 0.930. The largest absolute Gasteiger partial charge is 0.497 e. The van der Waals surface area contributed by atoms with Gasteiger partial charge < -0.3 is 24.7 Å². The summed E-state index contributed by atoms with van der Waals surface area (Å²) in [6.45, 7) is 1.72. The summed E-state index contributed by atoms with van der Waals surface area (Å²) in [7, 11) is -6.36. The van der Waals surface area contributed by atoms with E-state index in [-0.39, 0.29) is 51.5 Å². The molecule has 66 heavy (non-hydrogen) atoms. The second-order valence-electron chi connectivity index (χ2n) is 17.4. The molecule has 2 saturated carbocycles. The number of methoxy groups -OCH3 is 1. The number of benzene rings is 2. The lowest BCUT2D eigenvalue weighted by Gasteiger charge is -2.31. The highest BCUT2D eigenvalue weighted by molar-refractivity contribution is 7.92. The minimum atomic E-state index is -4.33. The van der Waals surface area contributed by atoms with Crippen molar-refractivity contribution in [3.8, 4) is 28.3 Å². The van der Waals surface area contributed by atoms with Gasteiger partial charge in [0.1, 0.15) is 11.1 Å². The van der Waals surface area contributed by atoms with Gasteiger partial charge in [0.05, 0.1) is 34.0 Å². The molecule has 340 valence electrons. The Morgan fingerprint density at radius 2 is 1.24 bits per heavy atom. The quantitative estimate of drug-likeness (QED) is 0.131. The van der Waals surface area contributed by atoms with Crippen molar-refractivity contribution >= 4 is 54.5 Å². The molecule has 2 fully saturated rings. The van der Waals surface area contributed by atoms with Crippen molar-refractivity contribution in [2.24, 2.45) is 0 Å². The van der Waals surface area contributed by atoms with E-state index in [1.165, 1.54) is 18.0 Å². The monoisotopic (exact) mass is 929 g/mol. The van der Waals surface area contributed by atoms with Gasteiger partial charge in [-0.3, -0.25) is 19.7 Å². The van der Waals surface area contributed by atoms with Crippen molar-refractivity contribution in [3.63, 3.8) is 0 Å². The number of carbonyl (C=O) groups excluding carboxylic acids is 1. The minimum absolute atomic E-state index is 0.0181. The predicted octanol–water partition coefficient (Wildman–Crippen LogP) is 5.46. The molecule has 0 bridgehead atoms. The SMILES string of the molecule is COc1ccnc(-c2cnc(N3CC4(CC4)c4ccc(S(=O)(=O)C(CCO)N(C(C)=O)c5ccnc(-c6cnc(N7CC8(CC8)c8ccc(S(=O)(=O)CCCO)cc87)nc6)c5)cc43)nc2)c1. The molecule has 2 aliphatic heterocycles. The highest BCUT2D eigenvalue weighted by Gasteiger charge is 2.54. The Morgan fingerprint density at radius 3 is 1.76 bits per heavy atom. The van der Waals surface area contributed by atoms with Crippen LogP contribution in [0, 0.1) is 0 Å². The standard InChI is InChI=1S/C47H47N9O8S2/c1-30(59)56(33-8-15-48-39(20-33)31-24-50-44(51-25-31)54-28-46(11-12-46)37-6-4-35(22-41(37)54)65(60,61)19-3-17-57)43(10-18-58)66(62,63)36-5-7-38-42(23-36)55(29-47(38)13-14-47)45-52-26-32(27-53-45)40-21-34(64-2)9-16-49-40/h4-9,15-16,20-27,43,57-58H,3,10-14,17-19,28-29H2,1-2H3. The molecule has 1 unspecified atom stereocenters. The molecule has 2 spiro atoms. The van der Waals surface area contributed by atoms with Gasteiger partial charge in [0.2, 0.25) is 17.8 Å². The lowest BCUT2D eigenvalue weighted by atomic mass is 9.99. The van der Waals surface area contributed by atoms with Crippen molar-refractivity contribution in [1.29, 1.82) is 0 Å². The Hall–Kier alpha value is -6.41. The van der Waals surface area contributed by atoms with Crippen molar-refractivity contribution in [3.05, 3.63) is 109 Å². The van der Waals surface area contributed by atoms with Gasteiger partial charge in [-0.2, -0.15) is 0 Å². The van der Waals surface area contributed by atoms with Crippen LogP contribution in [-0.4, -0.2) is 107 Å². The van der Waals surface area contributed by atoms with E-state index in [4.69, 9.17) is 4.74 Å². The summed E-state index contributed by atoms with van der Waals surface area (Å²) >= 11 is 0. The van der Waals surface area contributed by atoms with Gasteiger partial charge >= 0.3 is 0 Å². The summed E-state index contributed by atoms with van der Waals surface area (Å²) in [5.74, 6) is 0.712. The van der Waals surface area contributed by atoms with E-state index in [0.29, 0.717) is 58.9 Å². The average Bonchev–Trinajstić information content (AvgIpc) is 4.25. The zero-order valence-corrected chi connectivity index (χ0v) is 37.9. The van der Waals surface area contributed by atoms with Crippen molar-refractivity contribution in [2.75, 3.05) is 53.9 Å². The van der Waals surface area contributed by atoms with Crippen molar-refractivity contribution < 1.29 is 36.6 Å². The number of fused-ring (bicyclic) bond motifs is 4. The molecule has 6 heterocycles. The highest BCUT2D eigenvalue weighted by atomic mass is 32.2. The number of amides is 1. The number of aliphatic hydroxyl groups is 2. The summed E-state index contributed by atoms with van der Waals surface area (Å²) < 4.78 is 61.2. The van der Waals surface area contributed by atoms with Gasteiger partial charge in [0, 0.05) is 122 Å². The maximum Gasteiger partial charge on any atom is 0.229 e. The van der Waals surface area contributed by atoms with Crippen LogP contribution in [0.3, 0.4) is 0 Å². The lowest BCUT2D eigenvalue weighted by molar-refractivity contribution is -0.116. The first-order chi connectivity index (χ1) is 31.8. The van der Waals surface area contributed by atoms with Crippen LogP contribution in [0.25, 0.3) is 22.5 Å². The average molecular weight is 930 g/mol. The van der Waals surface area contributed by atoms with Gasteiger partial charge in [-0.05, 0) is 85.7 Å². The molecule has 0 saturated heterocycles. The van der Waals surface area contributed by atoms with Crippen LogP contribution in [0.4, 0.5) is 29.0 Å². The molecule has 4 aliphatic rings. The summed E-state index contributed by atoms with van der Waals surface area (Å²) in [4.78, 5) is 46.5. The number of rotatable bonds is 15. The smallest absolute Gasteiger partial charge is 0.229 e. The molecule has 1 amide bonds. The van der Waals surface area contributed by atoms with Crippen LogP contribution < -0.4 is 19.4 Å². The fourth-order valence-corrected chi connectivity index (χ4v) is 12.5. The van der Waals surface area contributed by atoms with E-state index in [2.05, 4.69) is 29.9 Å². The fraction of sp³-hybridized carbons (Fsp3) is 0.340. The Bertz CT molecular complexity index is 3090. The molecular formula is C47H47N9O8S2. The molecule has 2 aromatic carbocycles. The Morgan fingerprint density at radius 1 is 0.712 bits per heavy atom. The molecule has 0 radical (unpaired) electrons. The topological polar surface area (TPSA) is 222 Å². The molecule has 2 aliphatic carbocycles.